The maximum absolute atomic E-state index is 12.4. The van der Waals surface area contributed by atoms with Crippen LogP contribution in [0.2, 0.25) is 0 Å². The first-order valence-corrected chi connectivity index (χ1v) is 10.5. The molecule has 7 nitrogen and oxygen atoms in total. The Hall–Kier alpha value is -2.38. The SMILES string of the molecule is COC(=O)C1=CO[C@@H](C)C2CN3CCc4c([nH]c5cc(OC)c(OC)cc45)[C@H]3CC12.Cl. The van der Waals surface area contributed by atoms with Gasteiger partial charge in [0.2, 0.25) is 0 Å². The van der Waals surface area contributed by atoms with Crippen molar-refractivity contribution in [1.29, 1.82) is 0 Å². The third kappa shape index (κ3) is 3.34. The Kier molecular flexibility index (Phi) is 5.83. The first-order chi connectivity index (χ1) is 14.5. The molecule has 168 valence electrons. The predicted octanol–water partition coefficient (Wildman–Crippen LogP) is 3.62. The molecule has 1 saturated heterocycles. The van der Waals surface area contributed by atoms with Gasteiger partial charge in [-0.25, -0.2) is 4.79 Å². The number of carbonyl (C=O) groups excluding carboxylic acids is 1. The van der Waals surface area contributed by atoms with Gasteiger partial charge in [0.1, 0.15) is 0 Å². The summed E-state index contributed by atoms with van der Waals surface area (Å²) >= 11 is 0. The summed E-state index contributed by atoms with van der Waals surface area (Å²) in [6.45, 7) is 4.00. The van der Waals surface area contributed by atoms with Crippen LogP contribution in [-0.4, -0.2) is 56.4 Å². The lowest BCUT2D eigenvalue weighted by molar-refractivity contribution is -0.139. The number of methoxy groups -OCH3 is 3. The van der Waals surface area contributed by atoms with Gasteiger partial charge in [0.05, 0.1) is 45.3 Å². The number of aromatic nitrogens is 1. The van der Waals surface area contributed by atoms with Crippen LogP contribution < -0.4 is 9.47 Å². The number of ether oxygens (including phenoxy) is 4. The van der Waals surface area contributed by atoms with Gasteiger partial charge in [-0.2, -0.15) is 0 Å². The van der Waals surface area contributed by atoms with Crippen molar-refractivity contribution in [1.82, 2.24) is 9.88 Å². The van der Waals surface area contributed by atoms with Crippen molar-refractivity contribution >= 4 is 29.3 Å². The molecule has 4 heterocycles. The van der Waals surface area contributed by atoms with E-state index in [9.17, 15) is 4.79 Å². The summed E-state index contributed by atoms with van der Waals surface area (Å²) in [6, 6.07) is 4.32. The fourth-order valence-corrected chi connectivity index (χ4v) is 5.56. The Morgan fingerprint density at radius 1 is 1.19 bits per heavy atom. The molecule has 0 bridgehead atoms. The Labute approximate surface area is 188 Å². The minimum atomic E-state index is -0.285. The molecule has 0 amide bonds. The molecule has 31 heavy (non-hydrogen) atoms. The van der Waals surface area contributed by atoms with Crippen LogP contribution in [-0.2, 0) is 20.7 Å². The summed E-state index contributed by atoms with van der Waals surface area (Å²) in [5.41, 5.74) is 4.31. The summed E-state index contributed by atoms with van der Waals surface area (Å²) < 4.78 is 21.9. The lowest BCUT2D eigenvalue weighted by Gasteiger charge is -2.49. The quantitative estimate of drug-likeness (QED) is 0.723. The number of aromatic amines is 1. The molecule has 1 N–H and O–H groups in total. The van der Waals surface area contributed by atoms with Gasteiger partial charge in [-0.1, -0.05) is 0 Å². The number of piperidine rings is 1. The van der Waals surface area contributed by atoms with Crippen molar-refractivity contribution < 1.29 is 23.7 Å². The zero-order valence-corrected chi connectivity index (χ0v) is 19.1. The van der Waals surface area contributed by atoms with Crippen LogP contribution in [0.25, 0.3) is 10.9 Å². The van der Waals surface area contributed by atoms with E-state index in [0.717, 1.165) is 42.9 Å². The van der Waals surface area contributed by atoms with Gasteiger partial charge < -0.3 is 23.9 Å². The number of fused-ring (bicyclic) bond motifs is 6. The topological polar surface area (TPSA) is 73.0 Å². The lowest BCUT2D eigenvalue weighted by Crippen LogP contribution is -2.51. The standard InChI is InChI=1S/C23H28N2O5.ClH/c1-12-16-10-25-6-5-13-15-8-20(27-2)21(28-3)9-18(15)24-22(13)19(25)7-14(16)17(11-30-12)23(26)29-4;/h8-9,11-12,14,16,19,24H,5-7,10H2,1-4H3;1H/t12-,14?,16?,19+;/m0./s1. The summed E-state index contributed by atoms with van der Waals surface area (Å²) in [4.78, 5) is 18.6. The molecule has 1 aromatic carbocycles. The molecule has 0 saturated carbocycles. The molecule has 5 rings (SSSR count). The first-order valence-electron chi connectivity index (χ1n) is 10.5. The number of halogens is 1. The summed E-state index contributed by atoms with van der Waals surface area (Å²) in [7, 11) is 4.75. The maximum atomic E-state index is 12.4. The molecule has 3 aliphatic rings. The van der Waals surface area contributed by atoms with Crippen LogP contribution in [0.1, 0.15) is 30.6 Å². The third-order valence-corrected chi connectivity index (χ3v) is 7.14. The van der Waals surface area contributed by atoms with E-state index in [1.54, 1.807) is 20.5 Å². The molecular weight excluding hydrogens is 420 g/mol. The van der Waals surface area contributed by atoms with Gasteiger partial charge in [-0.05, 0) is 31.4 Å². The number of H-pyrrole nitrogens is 1. The number of benzene rings is 1. The molecule has 2 unspecified atom stereocenters. The molecule has 0 radical (unpaired) electrons. The number of hydrogen-bond donors (Lipinski definition) is 1. The average molecular weight is 449 g/mol. The molecule has 0 spiro atoms. The normalized spacial score (nSPS) is 27.0. The number of nitrogens with one attached hydrogen (secondary N) is 1. The van der Waals surface area contributed by atoms with Crippen LogP contribution in [0.5, 0.6) is 11.5 Å². The number of rotatable bonds is 3. The molecule has 2 aromatic rings. The largest absolute Gasteiger partial charge is 0.497 e. The molecule has 0 aliphatic carbocycles. The van der Waals surface area contributed by atoms with Crippen molar-refractivity contribution in [3.63, 3.8) is 0 Å². The highest BCUT2D eigenvalue weighted by molar-refractivity contribution is 5.89. The average Bonchev–Trinajstić information content (AvgIpc) is 3.14. The first kappa shape index (κ1) is 21.8. The predicted molar refractivity (Wildman–Crippen MR) is 119 cm³/mol. The van der Waals surface area contributed by atoms with Crippen molar-refractivity contribution in [2.75, 3.05) is 34.4 Å². The smallest absolute Gasteiger partial charge is 0.337 e. The van der Waals surface area contributed by atoms with Gasteiger partial charge >= 0.3 is 5.97 Å². The number of esters is 1. The van der Waals surface area contributed by atoms with Crippen LogP contribution in [0, 0.1) is 11.8 Å². The summed E-state index contributed by atoms with van der Waals surface area (Å²) in [6.07, 6.45) is 3.56. The van der Waals surface area contributed by atoms with E-state index in [-0.39, 0.29) is 42.4 Å². The van der Waals surface area contributed by atoms with Gasteiger partial charge in [-0.15, -0.1) is 12.4 Å². The Morgan fingerprint density at radius 3 is 2.65 bits per heavy atom. The van der Waals surface area contributed by atoms with E-state index >= 15 is 0 Å². The van der Waals surface area contributed by atoms with Crippen molar-refractivity contribution in [3.8, 4) is 11.5 Å². The van der Waals surface area contributed by atoms with Crippen LogP contribution in [0.4, 0.5) is 0 Å². The van der Waals surface area contributed by atoms with E-state index in [1.165, 1.54) is 23.8 Å². The highest BCUT2D eigenvalue weighted by atomic mass is 35.5. The second kappa shape index (κ2) is 8.28. The number of carbonyl (C=O) groups is 1. The number of nitrogens with zero attached hydrogens (tertiary/aromatic N) is 1. The fourth-order valence-electron chi connectivity index (χ4n) is 5.56. The van der Waals surface area contributed by atoms with Gasteiger partial charge in [0.15, 0.2) is 11.5 Å². The van der Waals surface area contributed by atoms with E-state index in [1.807, 2.05) is 6.07 Å². The fraction of sp³-hybridized carbons (Fsp3) is 0.522. The lowest BCUT2D eigenvalue weighted by atomic mass is 9.72. The number of hydrogen-bond acceptors (Lipinski definition) is 6. The van der Waals surface area contributed by atoms with E-state index < -0.39 is 0 Å². The summed E-state index contributed by atoms with van der Waals surface area (Å²) in [5, 5.41) is 1.19. The summed E-state index contributed by atoms with van der Waals surface area (Å²) in [5.74, 6) is 1.59. The highest BCUT2D eigenvalue weighted by Crippen LogP contribution is 2.48. The van der Waals surface area contributed by atoms with E-state index in [0.29, 0.717) is 5.57 Å². The zero-order valence-electron chi connectivity index (χ0n) is 18.3. The Balaban J connectivity index is 0.00000231. The minimum Gasteiger partial charge on any atom is -0.497 e. The van der Waals surface area contributed by atoms with Crippen molar-refractivity contribution in [2.45, 2.75) is 31.9 Å². The molecular formula is C23H29ClN2O5. The van der Waals surface area contributed by atoms with Crippen molar-refractivity contribution in [3.05, 3.63) is 35.2 Å². The van der Waals surface area contributed by atoms with Gasteiger partial charge in [-0.3, -0.25) is 4.90 Å². The molecule has 1 fully saturated rings. The third-order valence-electron chi connectivity index (χ3n) is 7.14. The van der Waals surface area contributed by atoms with Gasteiger partial charge in [0.25, 0.3) is 0 Å². The Bertz CT molecular complexity index is 1030. The molecule has 1 aromatic heterocycles. The monoisotopic (exact) mass is 448 g/mol. The maximum Gasteiger partial charge on any atom is 0.337 e. The molecule has 4 atom stereocenters. The van der Waals surface area contributed by atoms with Crippen molar-refractivity contribution in [2.24, 2.45) is 11.8 Å². The molecule has 8 heteroatoms. The van der Waals surface area contributed by atoms with E-state index in [4.69, 9.17) is 18.9 Å². The van der Waals surface area contributed by atoms with Crippen LogP contribution >= 0.6 is 12.4 Å². The second-order valence-electron chi connectivity index (χ2n) is 8.44. The molecule has 3 aliphatic heterocycles. The second-order valence-corrected chi connectivity index (χ2v) is 8.44. The van der Waals surface area contributed by atoms with Crippen LogP contribution in [0.15, 0.2) is 24.0 Å². The van der Waals surface area contributed by atoms with Crippen LogP contribution in [0.3, 0.4) is 0 Å². The van der Waals surface area contributed by atoms with Gasteiger partial charge in [0, 0.05) is 47.6 Å². The highest BCUT2D eigenvalue weighted by Gasteiger charge is 2.47. The zero-order chi connectivity index (χ0) is 21.0. The van der Waals surface area contributed by atoms with E-state index in [2.05, 4.69) is 22.9 Å². The Morgan fingerprint density at radius 2 is 1.94 bits per heavy atom. The minimum absolute atomic E-state index is 0.